The molecule has 0 spiro atoms. The average Bonchev–Trinajstić information content (AvgIpc) is 1.83. The number of carbonyl (C=O) groups excluding carboxylic acids is 1. The Hall–Kier alpha value is 0.310. The lowest BCUT2D eigenvalue weighted by Gasteiger charge is -2.00. The predicted octanol–water partition coefficient (Wildman–Crippen LogP) is 1.94. The average molecular weight is 167 g/mol. The number of rotatable bonds is 4. The summed E-state index contributed by atoms with van der Waals surface area (Å²) in [6.45, 7) is 4.12. The molecule has 54 valence electrons. The van der Waals surface area contributed by atoms with Crippen LogP contribution in [-0.2, 0) is 4.79 Å². The number of Topliss-reactive ketones (excluding diaryl/α,β-unsaturated/α-hetero) is 1. The molecule has 0 saturated heterocycles. The normalized spacial score (nSPS) is 10.2. The van der Waals surface area contributed by atoms with Gasteiger partial charge in [-0.15, -0.1) is 11.6 Å². The van der Waals surface area contributed by atoms with E-state index < -0.39 is 0 Å². The monoisotopic (exact) mass is 166 g/mol. The van der Waals surface area contributed by atoms with Gasteiger partial charge in [-0.1, -0.05) is 13.8 Å². The van der Waals surface area contributed by atoms with Gasteiger partial charge in [0.25, 0.3) is 0 Å². The second-order valence-corrected chi connectivity index (χ2v) is 3.86. The van der Waals surface area contributed by atoms with E-state index in [1.165, 1.54) is 0 Å². The lowest BCUT2D eigenvalue weighted by molar-refractivity contribution is -0.114. The molecule has 1 nitrogen and oxygen atoms in total. The van der Waals surface area contributed by atoms with Crippen LogP contribution in [0.2, 0.25) is 0 Å². The summed E-state index contributed by atoms with van der Waals surface area (Å²) in [7, 11) is 0. The van der Waals surface area contributed by atoms with Crippen LogP contribution in [0.4, 0.5) is 0 Å². The smallest absolute Gasteiger partial charge is 0.157 e. The summed E-state index contributed by atoms with van der Waals surface area (Å²) in [5.41, 5.74) is 0. The van der Waals surface area contributed by atoms with Crippen molar-refractivity contribution in [1.82, 2.24) is 0 Å². The van der Waals surface area contributed by atoms with E-state index in [-0.39, 0.29) is 11.7 Å². The number of halogens is 1. The van der Waals surface area contributed by atoms with Gasteiger partial charge in [-0.2, -0.15) is 11.8 Å². The van der Waals surface area contributed by atoms with E-state index in [9.17, 15) is 4.79 Å². The van der Waals surface area contributed by atoms with Crippen molar-refractivity contribution >= 4 is 29.1 Å². The summed E-state index contributed by atoms with van der Waals surface area (Å²) >= 11 is 6.90. The summed E-state index contributed by atoms with van der Waals surface area (Å²) in [5.74, 6) is 0.830. The van der Waals surface area contributed by atoms with Crippen LogP contribution >= 0.6 is 23.4 Å². The Kier molecular flexibility index (Phi) is 5.30. The summed E-state index contributed by atoms with van der Waals surface area (Å²) in [5, 5.41) is 0.525. The number of carbonyl (C=O) groups is 1. The second kappa shape index (κ2) is 5.12. The standard InChI is InChI=1S/C6H11ClOS/c1-5(2)9-4-6(8)3-7/h5H,3-4H2,1-2H3. The van der Waals surface area contributed by atoms with Gasteiger partial charge >= 0.3 is 0 Å². The van der Waals surface area contributed by atoms with Crippen molar-refractivity contribution in [2.45, 2.75) is 19.1 Å². The zero-order valence-electron chi connectivity index (χ0n) is 5.69. The van der Waals surface area contributed by atoms with Crippen LogP contribution in [0.3, 0.4) is 0 Å². The van der Waals surface area contributed by atoms with Crippen molar-refractivity contribution in [2.24, 2.45) is 0 Å². The van der Waals surface area contributed by atoms with Crippen LogP contribution in [0, 0.1) is 0 Å². The number of thioether (sulfide) groups is 1. The van der Waals surface area contributed by atoms with Gasteiger partial charge in [0, 0.05) is 0 Å². The topological polar surface area (TPSA) is 17.1 Å². The Bertz CT molecular complexity index is 93.1. The van der Waals surface area contributed by atoms with Gasteiger partial charge in [-0.25, -0.2) is 0 Å². The summed E-state index contributed by atoms with van der Waals surface area (Å²) in [4.78, 5) is 10.6. The highest BCUT2D eigenvalue weighted by Crippen LogP contribution is 2.08. The zero-order chi connectivity index (χ0) is 7.28. The largest absolute Gasteiger partial charge is 0.297 e. The molecule has 0 aliphatic rings. The van der Waals surface area contributed by atoms with E-state index in [0.717, 1.165) is 0 Å². The van der Waals surface area contributed by atoms with Crippen molar-refractivity contribution in [2.75, 3.05) is 11.6 Å². The maximum atomic E-state index is 10.6. The summed E-state index contributed by atoms with van der Waals surface area (Å²) < 4.78 is 0. The van der Waals surface area contributed by atoms with E-state index in [1.54, 1.807) is 11.8 Å². The Morgan fingerprint density at radius 3 is 2.56 bits per heavy atom. The van der Waals surface area contributed by atoms with Gasteiger partial charge < -0.3 is 0 Å². The first-order valence-electron chi connectivity index (χ1n) is 2.86. The van der Waals surface area contributed by atoms with Crippen molar-refractivity contribution in [3.63, 3.8) is 0 Å². The number of hydrogen-bond acceptors (Lipinski definition) is 2. The molecule has 9 heavy (non-hydrogen) atoms. The lowest BCUT2D eigenvalue weighted by atomic mass is 10.5. The van der Waals surface area contributed by atoms with Gasteiger partial charge in [0.2, 0.25) is 0 Å². The number of hydrogen-bond donors (Lipinski definition) is 0. The number of ketones is 1. The van der Waals surface area contributed by atoms with Crippen molar-refractivity contribution in [3.8, 4) is 0 Å². The van der Waals surface area contributed by atoms with E-state index in [4.69, 9.17) is 11.6 Å². The van der Waals surface area contributed by atoms with Crippen LogP contribution in [0.25, 0.3) is 0 Å². The van der Waals surface area contributed by atoms with Crippen molar-refractivity contribution < 1.29 is 4.79 Å². The molecule has 0 atom stereocenters. The van der Waals surface area contributed by atoms with Crippen molar-refractivity contribution in [3.05, 3.63) is 0 Å². The highest BCUT2D eigenvalue weighted by Gasteiger charge is 2.00. The fourth-order valence-corrected chi connectivity index (χ4v) is 1.13. The Labute approximate surface area is 65.2 Å². The maximum absolute atomic E-state index is 10.6. The van der Waals surface area contributed by atoms with Gasteiger partial charge in [-0.05, 0) is 5.25 Å². The molecule has 0 aromatic carbocycles. The predicted molar refractivity (Wildman–Crippen MR) is 43.3 cm³/mol. The quantitative estimate of drug-likeness (QED) is 0.594. The third-order valence-electron chi connectivity index (χ3n) is 0.727. The first-order chi connectivity index (χ1) is 4.16. The second-order valence-electron chi connectivity index (χ2n) is 2.03. The Morgan fingerprint density at radius 1 is 1.67 bits per heavy atom. The highest BCUT2D eigenvalue weighted by molar-refractivity contribution is 8.00. The van der Waals surface area contributed by atoms with Crippen LogP contribution < -0.4 is 0 Å². The third-order valence-corrected chi connectivity index (χ3v) is 2.18. The molecule has 0 rings (SSSR count). The maximum Gasteiger partial charge on any atom is 0.157 e. The molecule has 0 saturated carbocycles. The minimum atomic E-state index is 0.121. The van der Waals surface area contributed by atoms with Crippen LogP contribution in [0.5, 0.6) is 0 Å². The molecule has 0 aliphatic heterocycles. The first kappa shape index (κ1) is 9.31. The number of alkyl halides is 1. The van der Waals surface area contributed by atoms with Gasteiger partial charge in [-0.3, -0.25) is 4.79 Å². The van der Waals surface area contributed by atoms with Gasteiger partial charge in [0.1, 0.15) is 0 Å². The van der Waals surface area contributed by atoms with E-state index in [0.29, 0.717) is 11.0 Å². The fraction of sp³-hybridized carbons (Fsp3) is 0.833. The molecule has 0 heterocycles. The van der Waals surface area contributed by atoms with Crippen molar-refractivity contribution in [1.29, 1.82) is 0 Å². The molecule has 0 bridgehead atoms. The van der Waals surface area contributed by atoms with Crippen LogP contribution in [-0.4, -0.2) is 22.7 Å². The summed E-state index contributed by atoms with van der Waals surface area (Å²) in [6.07, 6.45) is 0. The highest BCUT2D eigenvalue weighted by atomic mass is 35.5. The van der Waals surface area contributed by atoms with Crippen LogP contribution in [0.15, 0.2) is 0 Å². The molecular formula is C6H11ClOS. The van der Waals surface area contributed by atoms with Crippen LogP contribution in [0.1, 0.15) is 13.8 Å². The molecule has 0 radical (unpaired) electrons. The molecule has 0 aliphatic carbocycles. The SMILES string of the molecule is CC(C)SCC(=O)CCl. The molecule has 0 N–H and O–H groups in total. The molecule has 3 heteroatoms. The fourth-order valence-electron chi connectivity index (χ4n) is 0.298. The minimum absolute atomic E-state index is 0.121. The molecule has 0 aromatic heterocycles. The summed E-state index contributed by atoms with van der Waals surface area (Å²) in [6, 6.07) is 0. The Morgan fingerprint density at radius 2 is 2.22 bits per heavy atom. The minimum Gasteiger partial charge on any atom is -0.297 e. The molecule has 0 unspecified atom stereocenters. The van der Waals surface area contributed by atoms with Gasteiger partial charge in [0.05, 0.1) is 11.6 Å². The molecule has 0 amide bonds. The Balaban J connectivity index is 3.17. The van der Waals surface area contributed by atoms with E-state index in [1.807, 2.05) is 0 Å². The third kappa shape index (κ3) is 6.19. The first-order valence-corrected chi connectivity index (χ1v) is 4.44. The molecular weight excluding hydrogens is 156 g/mol. The van der Waals surface area contributed by atoms with Gasteiger partial charge in [0.15, 0.2) is 5.78 Å². The van der Waals surface area contributed by atoms with E-state index in [2.05, 4.69) is 13.8 Å². The molecule has 0 aromatic rings. The lowest BCUT2D eigenvalue weighted by Crippen LogP contribution is -2.04. The molecule has 0 fully saturated rings. The van der Waals surface area contributed by atoms with E-state index >= 15 is 0 Å². The zero-order valence-corrected chi connectivity index (χ0v) is 7.26.